The number of carboxylic acids is 1. The molecule has 3 unspecified atom stereocenters. The number of likely N-dealkylation sites (tertiary alicyclic amines) is 1. The number of hydrogen-bond acceptors (Lipinski definition) is 3. The molecule has 0 amide bonds. The largest absolute Gasteiger partial charge is 0.481 e. The lowest BCUT2D eigenvalue weighted by molar-refractivity contribution is -0.153. The second kappa shape index (κ2) is 5.80. The van der Waals surface area contributed by atoms with E-state index in [9.17, 15) is 9.90 Å². The van der Waals surface area contributed by atoms with Gasteiger partial charge in [0, 0.05) is 19.1 Å². The number of carboxylic acid groups (broad SMARTS) is 1. The maximum absolute atomic E-state index is 11.8. The molecule has 0 aromatic heterocycles. The minimum absolute atomic E-state index is 0.487. The van der Waals surface area contributed by atoms with Crippen molar-refractivity contribution in [1.82, 2.24) is 9.80 Å². The Morgan fingerprint density at radius 2 is 2.16 bits per heavy atom. The predicted molar refractivity (Wildman–Crippen MR) is 76.2 cm³/mol. The zero-order valence-corrected chi connectivity index (χ0v) is 12.6. The standard InChI is InChI=1S/C15H28N2O2/c1-12-5-4-7-15(9-12,14(18)19)11-17-8-6-13(10-17)16(2)3/h12-13H,4-11H2,1-3H3,(H,18,19). The molecule has 1 aliphatic heterocycles. The SMILES string of the molecule is CC1CCCC(CN2CCC(N(C)C)C2)(C(=O)O)C1. The molecule has 19 heavy (non-hydrogen) atoms. The van der Waals surface area contributed by atoms with E-state index in [0.29, 0.717) is 12.0 Å². The van der Waals surface area contributed by atoms with E-state index in [0.717, 1.165) is 45.3 Å². The second-order valence-electron chi connectivity index (χ2n) is 6.93. The fourth-order valence-corrected chi connectivity index (χ4v) is 3.87. The monoisotopic (exact) mass is 268 g/mol. The van der Waals surface area contributed by atoms with Crippen LogP contribution in [0.5, 0.6) is 0 Å². The number of likely N-dealkylation sites (N-methyl/N-ethyl adjacent to an activating group) is 1. The fourth-order valence-electron chi connectivity index (χ4n) is 3.87. The van der Waals surface area contributed by atoms with E-state index in [4.69, 9.17) is 0 Å². The first kappa shape index (κ1) is 14.8. The average molecular weight is 268 g/mol. The van der Waals surface area contributed by atoms with Gasteiger partial charge in [0.25, 0.3) is 0 Å². The number of aliphatic carboxylic acids is 1. The fraction of sp³-hybridized carbons (Fsp3) is 0.933. The minimum atomic E-state index is -0.577. The molecule has 2 fully saturated rings. The molecule has 1 saturated heterocycles. The van der Waals surface area contributed by atoms with Crippen LogP contribution < -0.4 is 0 Å². The molecule has 0 radical (unpaired) electrons. The van der Waals surface area contributed by atoms with Crippen molar-refractivity contribution < 1.29 is 9.90 Å². The van der Waals surface area contributed by atoms with Gasteiger partial charge in [-0.2, -0.15) is 0 Å². The molecule has 2 rings (SSSR count). The molecule has 110 valence electrons. The Bertz CT molecular complexity index is 332. The van der Waals surface area contributed by atoms with Crippen molar-refractivity contribution in [3.8, 4) is 0 Å². The Labute approximate surface area is 116 Å². The van der Waals surface area contributed by atoms with Crippen molar-refractivity contribution in [2.24, 2.45) is 11.3 Å². The summed E-state index contributed by atoms with van der Waals surface area (Å²) in [6, 6.07) is 0.590. The molecule has 4 heteroatoms. The molecular formula is C15H28N2O2. The lowest BCUT2D eigenvalue weighted by atomic mass is 9.69. The molecular weight excluding hydrogens is 240 g/mol. The summed E-state index contributed by atoms with van der Waals surface area (Å²) >= 11 is 0. The summed E-state index contributed by atoms with van der Waals surface area (Å²) in [5.41, 5.74) is -0.487. The van der Waals surface area contributed by atoms with E-state index in [-0.39, 0.29) is 0 Å². The van der Waals surface area contributed by atoms with Crippen molar-refractivity contribution in [2.45, 2.75) is 45.1 Å². The second-order valence-corrected chi connectivity index (χ2v) is 6.93. The van der Waals surface area contributed by atoms with Crippen LogP contribution in [-0.2, 0) is 4.79 Å². The van der Waals surface area contributed by atoms with Gasteiger partial charge in [0.05, 0.1) is 5.41 Å². The van der Waals surface area contributed by atoms with Gasteiger partial charge < -0.3 is 14.9 Å². The van der Waals surface area contributed by atoms with Crippen molar-refractivity contribution in [3.05, 3.63) is 0 Å². The third kappa shape index (κ3) is 3.29. The normalized spacial score (nSPS) is 36.8. The summed E-state index contributed by atoms with van der Waals surface area (Å²) in [6.45, 7) is 5.02. The topological polar surface area (TPSA) is 43.8 Å². The van der Waals surface area contributed by atoms with Gasteiger partial charge in [0.1, 0.15) is 0 Å². The molecule has 4 nitrogen and oxygen atoms in total. The number of carbonyl (C=O) groups is 1. The Balaban J connectivity index is 2.00. The molecule has 2 aliphatic rings. The molecule has 1 aliphatic carbocycles. The van der Waals surface area contributed by atoms with Crippen LogP contribution in [0.1, 0.15) is 39.0 Å². The zero-order chi connectivity index (χ0) is 14.0. The summed E-state index contributed by atoms with van der Waals surface area (Å²) in [7, 11) is 4.23. The van der Waals surface area contributed by atoms with Gasteiger partial charge in [-0.3, -0.25) is 4.79 Å². The summed E-state index contributed by atoms with van der Waals surface area (Å²) in [5.74, 6) is -0.0237. The molecule has 1 heterocycles. The van der Waals surface area contributed by atoms with Crippen LogP contribution in [0.25, 0.3) is 0 Å². The highest BCUT2D eigenvalue weighted by atomic mass is 16.4. The molecule has 0 aromatic carbocycles. The van der Waals surface area contributed by atoms with E-state index in [2.05, 4.69) is 30.8 Å². The first-order valence-corrected chi connectivity index (χ1v) is 7.55. The van der Waals surface area contributed by atoms with Crippen LogP contribution in [-0.4, -0.2) is 60.6 Å². The summed E-state index contributed by atoms with van der Waals surface area (Å²) in [4.78, 5) is 16.4. The van der Waals surface area contributed by atoms with Crippen LogP contribution >= 0.6 is 0 Å². The van der Waals surface area contributed by atoms with Crippen molar-refractivity contribution in [1.29, 1.82) is 0 Å². The highest BCUT2D eigenvalue weighted by molar-refractivity contribution is 5.75. The molecule has 0 spiro atoms. The van der Waals surface area contributed by atoms with E-state index < -0.39 is 11.4 Å². The minimum Gasteiger partial charge on any atom is -0.481 e. The van der Waals surface area contributed by atoms with Crippen molar-refractivity contribution in [2.75, 3.05) is 33.7 Å². The van der Waals surface area contributed by atoms with Crippen LogP contribution in [0.2, 0.25) is 0 Å². The van der Waals surface area contributed by atoms with Gasteiger partial charge in [-0.1, -0.05) is 19.8 Å². The molecule has 1 saturated carbocycles. The first-order valence-electron chi connectivity index (χ1n) is 7.55. The Hall–Kier alpha value is -0.610. The van der Waals surface area contributed by atoms with Gasteiger partial charge in [0.15, 0.2) is 0 Å². The van der Waals surface area contributed by atoms with Crippen LogP contribution in [0.4, 0.5) is 0 Å². The van der Waals surface area contributed by atoms with Crippen LogP contribution in [0.15, 0.2) is 0 Å². The lowest BCUT2D eigenvalue weighted by Gasteiger charge is -2.39. The third-order valence-corrected chi connectivity index (χ3v) is 5.05. The summed E-state index contributed by atoms with van der Waals surface area (Å²) in [6.07, 6.45) is 5.13. The zero-order valence-electron chi connectivity index (χ0n) is 12.6. The summed E-state index contributed by atoms with van der Waals surface area (Å²) < 4.78 is 0. The molecule has 0 bridgehead atoms. The highest BCUT2D eigenvalue weighted by Gasteiger charge is 2.44. The van der Waals surface area contributed by atoms with Crippen LogP contribution in [0.3, 0.4) is 0 Å². The van der Waals surface area contributed by atoms with E-state index in [1.54, 1.807) is 0 Å². The van der Waals surface area contributed by atoms with Gasteiger partial charge in [0.2, 0.25) is 0 Å². The van der Waals surface area contributed by atoms with Crippen LogP contribution in [0, 0.1) is 11.3 Å². The summed E-state index contributed by atoms with van der Waals surface area (Å²) in [5, 5.41) is 9.70. The number of hydrogen-bond donors (Lipinski definition) is 1. The third-order valence-electron chi connectivity index (χ3n) is 5.05. The maximum atomic E-state index is 11.8. The van der Waals surface area contributed by atoms with Crippen molar-refractivity contribution >= 4 is 5.97 Å². The van der Waals surface area contributed by atoms with E-state index in [1.807, 2.05) is 0 Å². The number of nitrogens with zero attached hydrogens (tertiary/aromatic N) is 2. The number of rotatable bonds is 4. The molecule has 3 atom stereocenters. The van der Waals surface area contributed by atoms with Gasteiger partial charge in [-0.25, -0.2) is 0 Å². The highest BCUT2D eigenvalue weighted by Crippen LogP contribution is 2.40. The van der Waals surface area contributed by atoms with Gasteiger partial charge >= 0.3 is 5.97 Å². The smallest absolute Gasteiger partial charge is 0.310 e. The van der Waals surface area contributed by atoms with E-state index >= 15 is 0 Å². The van der Waals surface area contributed by atoms with E-state index in [1.165, 1.54) is 6.42 Å². The average Bonchev–Trinajstić information content (AvgIpc) is 2.77. The lowest BCUT2D eigenvalue weighted by Crippen LogP contribution is -2.46. The van der Waals surface area contributed by atoms with Gasteiger partial charge in [-0.15, -0.1) is 0 Å². The maximum Gasteiger partial charge on any atom is 0.310 e. The Morgan fingerprint density at radius 3 is 2.68 bits per heavy atom. The Kier molecular flexibility index (Phi) is 4.51. The quantitative estimate of drug-likeness (QED) is 0.846. The Morgan fingerprint density at radius 1 is 1.42 bits per heavy atom. The predicted octanol–water partition coefficient (Wildman–Crippen LogP) is 1.90. The molecule has 1 N–H and O–H groups in total. The van der Waals surface area contributed by atoms with Gasteiger partial charge in [-0.05, 0) is 45.8 Å². The van der Waals surface area contributed by atoms with Crippen molar-refractivity contribution in [3.63, 3.8) is 0 Å². The molecule has 0 aromatic rings. The first-order chi connectivity index (χ1) is 8.93.